The third kappa shape index (κ3) is 4.77. The number of hydrogen-bond acceptors (Lipinski definition) is 5. The third-order valence-corrected chi connectivity index (χ3v) is 7.32. The van der Waals surface area contributed by atoms with Gasteiger partial charge in [0.25, 0.3) is 5.91 Å². The molecular formula is C24H26N2O5S. The first-order valence-electron chi connectivity index (χ1n) is 10.6. The van der Waals surface area contributed by atoms with Crippen LogP contribution in [-0.4, -0.2) is 51.0 Å². The zero-order valence-corrected chi connectivity index (χ0v) is 18.7. The first-order chi connectivity index (χ1) is 15.5. The van der Waals surface area contributed by atoms with Crippen LogP contribution in [0.3, 0.4) is 0 Å². The van der Waals surface area contributed by atoms with Crippen LogP contribution in [0.15, 0.2) is 71.6 Å². The van der Waals surface area contributed by atoms with Crippen molar-refractivity contribution in [2.75, 3.05) is 31.6 Å². The van der Waals surface area contributed by atoms with Crippen LogP contribution in [0.1, 0.15) is 13.3 Å². The van der Waals surface area contributed by atoms with Gasteiger partial charge in [-0.15, -0.1) is 0 Å². The Hall–Kier alpha value is -2.94. The van der Waals surface area contributed by atoms with Crippen LogP contribution in [-0.2, 0) is 19.6 Å². The average Bonchev–Trinajstić information content (AvgIpc) is 2.83. The van der Waals surface area contributed by atoms with Gasteiger partial charge in [0.15, 0.2) is 6.10 Å². The highest BCUT2D eigenvalue weighted by atomic mass is 32.2. The van der Waals surface area contributed by atoms with E-state index in [9.17, 15) is 13.2 Å². The second-order valence-electron chi connectivity index (χ2n) is 7.52. The molecule has 1 aliphatic heterocycles. The van der Waals surface area contributed by atoms with E-state index < -0.39 is 16.1 Å². The van der Waals surface area contributed by atoms with Gasteiger partial charge < -0.3 is 14.8 Å². The molecule has 0 aliphatic carbocycles. The number of anilines is 1. The van der Waals surface area contributed by atoms with Gasteiger partial charge in [-0.25, -0.2) is 8.42 Å². The average molecular weight is 455 g/mol. The Morgan fingerprint density at radius 1 is 1.03 bits per heavy atom. The molecule has 1 heterocycles. The lowest BCUT2D eigenvalue weighted by Gasteiger charge is -2.26. The molecule has 1 fully saturated rings. The van der Waals surface area contributed by atoms with Gasteiger partial charge in [-0.2, -0.15) is 4.31 Å². The van der Waals surface area contributed by atoms with Gasteiger partial charge in [0.05, 0.1) is 18.1 Å². The fraction of sp³-hybridized carbons (Fsp3) is 0.292. The molecule has 0 radical (unpaired) electrons. The van der Waals surface area contributed by atoms with Gasteiger partial charge in [-0.05, 0) is 42.1 Å². The minimum absolute atomic E-state index is 0.191. The summed E-state index contributed by atoms with van der Waals surface area (Å²) in [5.74, 6) is 0.362. The van der Waals surface area contributed by atoms with E-state index in [2.05, 4.69) is 5.32 Å². The first kappa shape index (κ1) is 22.3. The van der Waals surface area contributed by atoms with Crippen molar-refractivity contribution in [1.29, 1.82) is 0 Å². The SMILES string of the molecule is CCC(Oc1cccc2ccccc12)C(=O)Nc1ccc(S(=O)(=O)N2CCOCC2)cc1. The van der Waals surface area contributed by atoms with Gasteiger partial charge >= 0.3 is 0 Å². The molecule has 7 nitrogen and oxygen atoms in total. The Morgan fingerprint density at radius 3 is 2.44 bits per heavy atom. The molecule has 1 N–H and O–H groups in total. The molecule has 1 amide bonds. The molecular weight excluding hydrogens is 428 g/mol. The van der Waals surface area contributed by atoms with Gasteiger partial charge in [0.2, 0.25) is 10.0 Å². The molecule has 3 aromatic carbocycles. The van der Waals surface area contributed by atoms with E-state index in [4.69, 9.17) is 9.47 Å². The lowest BCUT2D eigenvalue weighted by molar-refractivity contribution is -0.122. The fourth-order valence-electron chi connectivity index (χ4n) is 3.64. The molecule has 0 spiro atoms. The first-order valence-corrected chi connectivity index (χ1v) is 12.1. The summed E-state index contributed by atoms with van der Waals surface area (Å²) in [5, 5.41) is 4.81. The standard InChI is InChI=1S/C24H26N2O5S/c1-2-22(31-23-9-5-7-18-6-3-4-8-21(18)23)24(27)25-19-10-12-20(13-11-19)32(28,29)26-14-16-30-17-15-26/h3-13,22H,2,14-17H2,1H3,(H,25,27). The topological polar surface area (TPSA) is 84.9 Å². The highest BCUT2D eigenvalue weighted by Gasteiger charge is 2.26. The molecule has 3 aromatic rings. The molecule has 0 aromatic heterocycles. The van der Waals surface area contributed by atoms with E-state index in [0.717, 1.165) is 10.8 Å². The van der Waals surface area contributed by atoms with Crippen LogP contribution < -0.4 is 10.1 Å². The van der Waals surface area contributed by atoms with Crippen molar-refractivity contribution in [2.45, 2.75) is 24.3 Å². The predicted octanol–water partition coefficient (Wildman–Crippen LogP) is 3.66. The number of hydrogen-bond donors (Lipinski definition) is 1. The summed E-state index contributed by atoms with van der Waals surface area (Å²) in [6, 6.07) is 19.8. The summed E-state index contributed by atoms with van der Waals surface area (Å²) < 4.78 is 38.2. The number of nitrogens with one attached hydrogen (secondary N) is 1. The van der Waals surface area contributed by atoms with Gasteiger partial charge in [0, 0.05) is 24.2 Å². The number of benzene rings is 3. The second kappa shape index (κ2) is 9.68. The number of carbonyl (C=O) groups is 1. The normalized spacial score (nSPS) is 15.9. The van der Waals surface area contributed by atoms with Crippen molar-refractivity contribution in [3.05, 3.63) is 66.7 Å². The van der Waals surface area contributed by atoms with Crippen molar-refractivity contribution in [3.63, 3.8) is 0 Å². The van der Waals surface area contributed by atoms with E-state index in [-0.39, 0.29) is 10.8 Å². The van der Waals surface area contributed by atoms with E-state index in [1.54, 1.807) is 12.1 Å². The van der Waals surface area contributed by atoms with Gasteiger partial charge in [0.1, 0.15) is 5.75 Å². The lowest BCUT2D eigenvalue weighted by atomic mass is 10.1. The lowest BCUT2D eigenvalue weighted by Crippen LogP contribution is -2.40. The smallest absolute Gasteiger partial charge is 0.265 e. The van der Waals surface area contributed by atoms with Crippen LogP contribution >= 0.6 is 0 Å². The molecule has 1 saturated heterocycles. The summed E-state index contributed by atoms with van der Waals surface area (Å²) in [7, 11) is -3.57. The summed E-state index contributed by atoms with van der Waals surface area (Å²) in [6.45, 7) is 3.34. The summed E-state index contributed by atoms with van der Waals surface area (Å²) in [5.41, 5.74) is 0.510. The number of carbonyl (C=O) groups excluding carboxylic acids is 1. The molecule has 4 rings (SSSR count). The van der Waals surface area contributed by atoms with Crippen LogP contribution in [0.4, 0.5) is 5.69 Å². The van der Waals surface area contributed by atoms with Crippen molar-refractivity contribution in [3.8, 4) is 5.75 Å². The third-order valence-electron chi connectivity index (χ3n) is 5.41. The van der Waals surface area contributed by atoms with Gasteiger partial charge in [-0.1, -0.05) is 43.3 Å². The zero-order valence-electron chi connectivity index (χ0n) is 17.9. The molecule has 0 bridgehead atoms. The maximum absolute atomic E-state index is 12.8. The zero-order chi connectivity index (χ0) is 22.6. The van der Waals surface area contributed by atoms with E-state index in [1.807, 2.05) is 49.4 Å². The van der Waals surface area contributed by atoms with Gasteiger partial charge in [-0.3, -0.25) is 4.79 Å². The van der Waals surface area contributed by atoms with E-state index >= 15 is 0 Å². The largest absolute Gasteiger partial charge is 0.480 e. The van der Waals surface area contributed by atoms with E-state index in [1.165, 1.54) is 16.4 Å². The summed E-state index contributed by atoms with van der Waals surface area (Å²) >= 11 is 0. The van der Waals surface area contributed by atoms with Crippen molar-refractivity contribution in [1.82, 2.24) is 4.31 Å². The van der Waals surface area contributed by atoms with Crippen LogP contribution in [0.2, 0.25) is 0 Å². The minimum Gasteiger partial charge on any atom is -0.480 e. The number of nitrogens with zero attached hydrogens (tertiary/aromatic N) is 1. The molecule has 1 atom stereocenters. The summed E-state index contributed by atoms with van der Waals surface area (Å²) in [4.78, 5) is 13.0. The van der Waals surface area contributed by atoms with Crippen LogP contribution in [0, 0.1) is 0 Å². The number of rotatable bonds is 7. The van der Waals surface area contributed by atoms with Crippen LogP contribution in [0.25, 0.3) is 10.8 Å². The second-order valence-corrected chi connectivity index (χ2v) is 9.46. The number of morpholine rings is 1. The minimum atomic E-state index is -3.57. The Morgan fingerprint density at radius 2 is 1.72 bits per heavy atom. The Labute approximate surface area is 188 Å². The maximum Gasteiger partial charge on any atom is 0.265 e. The number of amides is 1. The number of fused-ring (bicyclic) bond motifs is 1. The fourth-order valence-corrected chi connectivity index (χ4v) is 5.05. The number of sulfonamides is 1. The maximum atomic E-state index is 12.8. The quantitative estimate of drug-likeness (QED) is 0.589. The molecule has 8 heteroatoms. The summed E-state index contributed by atoms with van der Waals surface area (Å²) in [6.07, 6.45) is -0.198. The highest BCUT2D eigenvalue weighted by molar-refractivity contribution is 7.89. The van der Waals surface area contributed by atoms with E-state index in [0.29, 0.717) is 44.2 Å². The Bertz CT molecular complexity index is 1180. The van der Waals surface area contributed by atoms with Crippen molar-refractivity contribution in [2.24, 2.45) is 0 Å². The van der Waals surface area contributed by atoms with Crippen LogP contribution in [0.5, 0.6) is 5.75 Å². The monoisotopic (exact) mass is 454 g/mol. The van der Waals surface area contributed by atoms with Crippen molar-refractivity contribution >= 4 is 32.4 Å². The highest BCUT2D eigenvalue weighted by Crippen LogP contribution is 2.27. The predicted molar refractivity (Wildman–Crippen MR) is 123 cm³/mol. The number of ether oxygens (including phenoxy) is 2. The molecule has 1 unspecified atom stereocenters. The molecule has 0 saturated carbocycles. The Balaban J connectivity index is 1.45. The Kier molecular flexibility index (Phi) is 6.74. The van der Waals surface area contributed by atoms with Crippen molar-refractivity contribution < 1.29 is 22.7 Å². The molecule has 32 heavy (non-hydrogen) atoms. The molecule has 1 aliphatic rings. The molecule has 168 valence electrons.